The molecule has 0 atom stereocenters. The second-order valence-electron chi connectivity index (χ2n) is 14.1. The van der Waals surface area contributed by atoms with Crippen LogP contribution in [0.25, 0.3) is 100 Å². The number of fused-ring (bicyclic) bond motifs is 6. The Labute approximate surface area is 323 Å². The zero-order valence-corrected chi connectivity index (χ0v) is 30.3. The molecule has 0 radical (unpaired) electrons. The topological polar surface area (TPSA) is 48.5 Å². The van der Waals surface area contributed by atoms with Gasteiger partial charge in [-0.15, -0.1) is 0 Å². The van der Waals surface area contributed by atoms with Gasteiger partial charge in [0, 0.05) is 38.4 Å². The van der Waals surface area contributed by atoms with Crippen molar-refractivity contribution in [3.8, 4) is 56.7 Å². The van der Waals surface area contributed by atoms with E-state index in [1.807, 2.05) is 60.7 Å². The molecule has 3 aromatic heterocycles. The van der Waals surface area contributed by atoms with Crippen molar-refractivity contribution in [1.82, 2.24) is 24.1 Å². The predicted molar refractivity (Wildman–Crippen MR) is 230 cm³/mol. The molecular formula is C51H33N5. The van der Waals surface area contributed by atoms with Gasteiger partial charge >= 0.3 is 0 Å². The molecule has 0 saturated carbocycles. The summed E-state index contributed by atoms with van der Waals surface area (Å²) in [6.45, 7) is 0. The molecule has 0 amide bonds. The van der Waals surface area contributed by atoms with Crippen molar-refractivity contribution < 1.29 is 0 Å². The van der Waals surface area contributed by atoms with E-state index in [1.165, 1.54) is 27.6 Å². The highest BCUT2D eigenvalue weighted by molar-refractivity contribution is 6.19. The van der Waals surface area contributed by atoms with Crippen LogP contribution < -0.4 is 0 Å². The quantitative estimate of drug-likeness (QED) is 0.172. The summed E-state index contributed by atoms with van der Waals surface area (Å²) in [5.41, 5.74) is 12.1. The minimum absolute atomic E-state index is 0.581. The van der Waals surface area contributed by atoms with Crippen LogP contribution in [0.15, 0.2) is 200 Å². The van der Waals surface area contributed by atoms with Crippen molar-refractivity contribution in [2.45, 2.75) is 0 Å². The maximum atomic E-state index is 5.16. The molecule has 5 heteroatoms. The predicted octanol–water partition coefficient (Wildman–Crippen LogP) is 12.7. The lowest BCUT2D eigenvalue weighted by atomic mass is 10.00. The first-order valence-electron chi connectivity index (χ1n) is 18.9. The van der Waals surface area contributed by atoms with E-state index in [0.29, 0.717) is 17.6 Å². The van der Waals surface area contributed by atoms with Gasteiger partial charge in [0.1, 0.15) is 0 Å². The maximum absolute atomic E-state index is 5.16. The van der Waals surface area contributed by atoms with Crippen LogP contribution in [0.1, 0.15) is 0 Å². The van der Waals surface area contributed by atoms with Crippen LogP contribution in [-0.4, -0.2) is 24.1 Å². The molecule has 8 aromatic carbocycles. The summed E-state index contributed by atoms with van der Waals surface area (Å²) in [7, 11) is 0. The molecule has 0 saturated heterocycles. The molecule has 0 aliphatic heterocycles. The third-order valence-electron chi connectivity index (χ3n) is 10.8. The Morgan fingerprint density at radius 3 is 1.27 bits per heavy atom. The van der Waals surface area contributed by atoms with Crippen molar-refractivity contribution in [3.05, 3.63) is 200 Å². The standard InChI is InChI=1S/C51H33N5/c1-4-15-34(16-5-1)35-27-29-36(30-28-35)39-21-14-22-40(31-39)55-45-25-12-10-23-41(45)43-33-48-44(32-47(43)55)42-24-11-13-26-46(42)56(48)51-53-49(37-17-6-2-7-18-37)52-50(54-51)38-19-8-3-9-20-38/h1-33H. The fourth-order valence-electron chi connectivity index (χ4n) is 8.13. The summed E-state index contributed by atoms with van der Waals surface area (Å²) in [5, 5.41) is 4.61. The van der Waals surface area contributed by atoms with Gasteiger partial charge in [0.15, 0.2) is 11.6 Å². The Hall–Kier alpha value is -7.63. The fourth-order valence-corrected chi connectivity index (χ4v) is 8.13. The van der Waals surface area contributed by atoms with Crippen LogP contribution in [0.5, 0.6) is 0 Å². The van der Waals surface area contributed by atoms with E-state index in [9.17, 15) is 0 Å². The lowest BCUT2D eigenvalue weighted by Gasteiger charge is -2.12. The van der Waals surface area contributed by atoms with Gasteiger partial charge in [-0.05, 0) is 58.7 Å². The molecule has 0 aliphatic rings. The SMILES string of the molecule is c1ccc(-c2ccc(-c3cccc(-n4c5ccccc5c5cc6c(cc54)c4ccccc4n6-c4nc(-c5ccccc5)nc(-c5ccccc5)n4)c3)cc2)cc1. The van der Waals surface area contributed by atoms with E-state index >= 15 is 0 Å². The Morgan fingerprint density at radius 1 is 0.268 bits per heavy atom. The molecule has 11 aromatic rings. The molecule has 0 unspecified atom stereocenters. The van der Waals surface area contributed by atoms with E-state index in [1.54, 1.807) is 0 Å². The highest BCUT2D eigenvalue weighted by Crippen LogP contribution is 2.40. The van der Waals surface area contributed by atoms with E-state index in [2.05, 4.69) is 149 Å². The summed E-state index contributed by atoms with van der Waals surface area (Å²) < 4.78 is 4.61. The van der Waals surface area contributed by atoms with Crippen molar-refractivity contribution in [2.24, 2.45) is 0 Å². The summed E-state index contributed by atoms with van der Waals surface area (Å²) in [4.78, 5) is 15.3. The van der Waals surface area contributed by atoms with Crippen LogP contribution in [-0.2, 0) is 0 Å². The first-order valence-corrected chi connectivity index (χ1v) is 18.9. The summed E-state index contributed by atoms with van der Waals surface area (Å²) in [6.07, 6.45) is 0. The van der Waals surface area contributed by atoms with Crippen LogP contribution >= 0.6 is 0 Å². The number of hydrogen-bond donors (Lipinski definition) is 0. The summed E-state index contributed by atoms with van der Waals surface area (Å²) in [6, 6.07) is 70.5. The van der Waals surface area contributed by atoms with Crippen molar-refractivity contribution in [1.29, 1.82) is 0 Å². The third-order valence-corrected chi connectivity index (χ3v) is 10.8. The number of rotatable bonds is 6. The van der Waals surface area contributed by atoms with Gasteiger partial charge in [0.25, 0.3) is 0 Å². The molecule has 56 heavy (non-hydrogen) atoms. The molecule has 262 valence electrons. The van der Waals surface area contributed by atoms with E-state index in [-0.39, 0.29) is 0 Å². The molecule has 11 rings (SSSR count). The molecule has 0 fully saturated rings. The molecule has 0 spiro atoms. The lowest BCUT2D eigenvalue weighted by molar-refractivity contribution is 0.954. The van der Waals surface area contributed by atoms with Gasteiger partial charge in [0.2, 0.25) is 5.95 Å². The Balaban J connectivity index is 1.13. The number of benzene rings is 8. The number of hydrogen-bond acceptors (Lipinski definition) is 3. The van der Waals surface area contributed by atoms with Gasteiger partial charge in [-0.3, -0.25) is 4.57 Å². The summed E-state index contributed by atoms with van der Waals surface area (Å²) >= 11 is 0. The number of aromatic nitrogens is 5. The number of nitrogens with zero attached hydrogens (tertiary/aromatic N) is 5. The monoisotopic (exact) mass is 715 g/mol. The van der Waals surface area contributed by atoms with Crippen molar-refractivity contribution in [2.75, 3.05) is 0 Å². The smallest absolute Gasteiger partial charge is 0.238 e. The second kappa shape index (κ2) is 13.0. The minimum atomic E-state index is 0.581. The first kappa shape index (κ1) is 31.9. The second-order valence-corrected chi connectivity index (χ2v) is 14.1. The van der Waals surface area contributed by atoms with Gasteiger partial charge in [-0.25, -0.2) is 4.98 Å². The summed E-state index contributed by atoms with van der Waals surface area (Å²) in [5.74, 6) is 1.85. The van der Waals surface area contributed by atoms with Crippen molar-refractivity contribution >= 4 is 43.6 Å². The van der Waals surface area contributed by atoms with E-state index in [4.69, 9.17) is 15.0 Å². The van der Waals surface area contributed by atoms with Crippen LogP contribution in [0.4, 0.5) is 0 Å². The van der Waals surface area contributed by atoms with E-state index < -0.39 is 0 Å². The number of para-hydroxylation sites is 2. The molecule has 3 heterocycles. The average Bonchev–Trinajstić information content (AvgIpc) is 3.78. The maximum Gasteiger partial charge on any atom is 0.238 e. The Kier molecular flexibility index (Phi) is 7.42. The average molecular weight is 716 g/mol. The highest BCUT2D eigenvalue weighted by Gasteiger charge is 2.21. The van der Waals surface area contributed by atoms with Crippen LogP contribution in [0.2, 0.25) is 0 Å². The van der Waals surface area contributed by atoms with Crippen molar-refractivity contribution in [3.63, 3.8) is 0 Å². The van der Waals surface area contributed by atoms with Crippen LogP contribution in [0, 0.1) is 0 Å². The molecular weight excluding hydrogens is 683 g/mol. The van der Waals surface area contributed by atoms with Gasteiger partial charge in [-0.1, -0.05) is 164 Å². The van der Waals surface area contributed by atoms with Gasteiger partial charge < -0.3 is 4.57 Å². The molecule has 0 bridgehead atoms. The molecule has 0 aliphatic carbocycles. The van der Waals surface area contributed by atoms with E-state index in [0.717, 1.165) is 55.0 Å². The van der Waals surface area contributed by atoms with Gasteiger partial charge in [-0.2, -0.15) is 9.97 Å². The molecule has 5 nitrogen and oxygen atoms in total. The Morgan fingerprint density at radius 2 is 0.696 bits per heavy atom. The van der Waals surface area contributed by atoms with Crippen LogP contribution in [0.3, 0.4) is 0 Å². The molecule has 0 N–H and O–H groups in total. The zero-order chi connectivity index (χ0) is 37.0. The minimum Gasteiger partial charge on any atom is -0.309 e. The Bertz CT molecular complexity index is 3160. The zero-order valence-electron chi connectivity index (χ0n) is 30.3. The fraction of sp³-hybridized carbons (Fsp3) is 0. The third kappa shape index (κ3) is 5.29. The lowest BCUT2D eigenvalue weighted by Crippen LogP contribution is -2.06. The largest absolute Gasteiger partial charge is 0.309 e. The highest BCUT2D eigenvalue weighted by atomic mass is 15.2. The first-order chi connectivity index (χ1) is 27.8. The van der Waals surface area contributed by atoms with Gasteiger partial charge in [0.05, 0.1) is 22.1 Å². The normalized spacial score (nSPS) is 11.6.